The lowest BCUT2D eigenvalue weighted by atomic mass is 10.1. The molecule has 0 aliphatic heterocycles. The first kappa shape index (κ1) is 40.2. The molecule has 0 N–H and O–H groups in total. The minimum Gasteiger partial charge on any atom is -0.379 e. The lowest BCUT2D eigenvalue weighted by Crippen LogP contribution is -2.15. The van der Waals surface area contributed by atoms with E-state index >= 15 is 0 Å². The summed E-state index contributed by atoms with van der Waals surface area (Å²) in [6.45, 7) is 12.2. The van der Waals surface area contributed by atoms with Crippen molar-refractivity contribution < 1.29 is 42.6 Å². The van der Waals surface area contributed by atoms with E-state index in [0.717, 1.165) is 13.0 Å². The Morgan fingerprint density at radius 1 is 0.317 bits per heavy atom. The molecule has 0 heterocycles. The topological polar surface area (TPSA) is 83.1 Å². The van der Waals surface area contributed by atoms with Gasteiger partial charge in [-0.2, -0.15) is 0 Å². The number of unbranched alkanes of at least 4 members (excludes halogenated alkanes) is 10. The van der Waals surface area contributed by atoms with Crippen LogP contribution in [0.25, 0.3) is 0 Å². The SMILES string of the molecule is C#CCOCCOCCOCCOCCOCCOCCOCCOCCOCCCCCCCCCCCCC. The molecular weight excluding hydrogens is 528 g/mol. The van der Waals surface area contributed by atoms with Crippen molar-refractivity contribution in [3.05, 3.63) is 0 Å². The van der Waals surface area contributed by atoms with Gasteiger partial charge in [0.05, 0.1) is 106 Å². The molecule has 0 aromatic rings. The van der Waals surface area contributed by atoms with E-state index in [1.165, 1.54) is 64.2 Å². The molecule has 9 heteroatoms. The summed E-state index contributed by atoms with van der Waals surface area (Å²) in [7, 11) is 0. The third-order valence-corrected chi connectivity index (χ3v) is 6.05. The van der Waals surface area contributed by atoms with Crippen LogP contribution in [0.2, 0.25) is 0 Å². The molecule has 0 radical (unpaired) electrons. The first-order chi connectivity index (χ1) is 20.4. The smallest absolute Gasteiger partial charge is 0.107 e. The molecule has 0 aliphatic carbocycles. The zero-order valence-electron chi connectivity index (χ0n) is 26.3. The van der Waals surface area contributed by atoms with Gasteiger partial charge >= 0.3 is 0 Å². The van der Waals surface area contributed by atoms with Crippen molar-refractivity contribution in [1.82, 2.24) is 0 Å². The fraction of sp³-hybridized carbons (Fsp3) is 0.938. The van der Waals surface area contributed by atoms with Crippen LogP contribution in [0.1, 0.15) is 77.6 Å². The quantitative estimate of drug-likeness (QED) is 0.0727. The van der Waals surface area contributed by atoms with Crippen molar-refractivity contribution in [2.24, 2.45) is 0 Å². The molecule has 0 spiro atoms. The monoisotopic (exact) mass is 590 g/mol. The van der Waals surface area contributed by atoms with Gasteiger partial charge in [0.1, 0.15) is 6.61 Å². The van der Waals surface area contributed by atoms with Crippen LogP contribution < -0.4 is 0 Å². The number of hydrogen-bond donors (Lipinski definition) is 0. The second-order valence-electron chi connectivity index (χ2n) is 9.69. The average molecular weight is 591 g/mol. The van der Waals surface area contributed by atoms with Gasteiger partial charge in [0.15, 0.2) is 0 Å². The Kier molecular flexibility index (Phi) is 38.4. The minimum absolute atomic E-state index is 0.315. The van der Waals surface area contributed by atoms with E-state index in [-0.39, 0.29) is 0 Å². The van der Waals surface area contributed by atoms with Gasteiger partial charge in [-0.15, -0.1) is 6.42 Å². The summed E-state index contributed by atoms with van der Waals surface area (Å²) >= 11 is 0. The van der Waals surface area contributed by atoms with Crippen LogP contribution in [-0.2, 0) is 42.6 Å². The molecule has 9 nitrogen and oxygen atoms in total. The Morgan fingerprint density at radius 2 is 0.561 bits per heavy atom. The van der Waals surface area contributed by atoms with Gasteiger partial charge in [-0.05, 0) is 6.42 Å². The second-order valence-corrected chi connectivity index (χ2v) is 9.69. The maximum Gasteiger partial charge on any atom is 0.107 e. The first-order valence-electron chi connectivity index (χ1n) is 16.0. The number of terminal acetylenes is 1. The molecule has 0 aromatic carbocycles. The summed E-state index contributed by atoms with van der Waals surface area (Å²) in [5.41, 5.74) is 0. The normalized spacial score (nSPS) is 11.3. The second kappa shape index (κ2) is 39.2. The highest BCUT2D eigenvalue weighted by Crippen LogP contribution is 2.11. The van der Waals surface area contributed by atoms with Gasteiger partial charge in [0.25, 0.3) is 0 Å². The molecule has 0 atom stereocenters. The molecule has 0 saturated carbocycles. The third-order valence-electron chi connectivity index (χ3n) is 6.05. The highest BCUT2D eigenvalue weighted by molar-refractivity contribution is 4.82. The Bertz CT molecular complexity index is 502. The summed E-state index contributed by atoms with van der Waals surface area (Å²) in [4.78, 5) is 0. The molecular formula is C32H62O9. The van der Waals surface area contributed by atoms with Gasteiger partial charge in [0, 0.05) is 6.61 Å². The zero-order valence-corrected chi connectivity index (χ0v) is 26.3. The zero-order chi connectivity index (χ0) is 29.6. The van der Waals surface area contributed by atoms with Crippen molar-refractivity contribution >= 4 is 0 Å². The Morgan fingerprint density at radius 3 is 0.854 bits per heavy atom. The van der Waals surface area contributed by atoms with E-state index in [0.29, 0.717) is 112 Å². The summed E-state index contributed by atoms with van der Waals surface area (Å²) in [6.07, 6.45) is 20.0. The molecule has 244 valence electrons. The number of rotatable bonds is 37. The maximum absolute atomic E-state index is 5.65. The van der Waals surface area contributed by atoms with Crippen LogP contribution in [0.15, 0.2) is 0 Å². The summed E-state index contributed by atoms with van der Waals surface area (Å²) < 4.78 is 49.0. The lowest BCUT2D eigenvalue weighted by Gasteiger charge is -2.09. The molecule has 0 saturated heterocycles. The standard InChI is InChI=1S/C32H62O9/c1-3-5-6-7-8-9-10-11-12-13-14-16-34-18-20-36-22-24-38-26-28-40-30-32-41-31-29-39-27-25-37-23-21-35-19-17-33-15-4-2/h2H,3,5-32H2,1H3. The summed E-state index contributed by atoms with van der Waals surface area (Å²) in [5, 5.41) is 0. The van der Waals surface area contributed by atoms with Crippen molar-refractivity contribution in [3.8, 4) is 12.3 Å². The van der Waals surface area contributed by atoms with Crippen molar-refractivity contribution in [2.75, 3.05) is 119 Å². The van der Waals surface area contributed by atoms with Crippen molar-refractivity contribution in [2.45, 2.75) is 77.6 Å². The van der Waals surface area contributed by atoms with E-state index in [2.05, 4.69) is 12.8 Å². The van der Waals surface area contributed by atoms with E-state index in [9.17, 15) is 0 Å². The first-order valence-corrected chi connectivity index (χ1v) is 16.0. The molecule has 41 heavy (non-hydrogen) atoms. The van der Waals surface area contributed by atoms with Crippen LogP contribution >= 0.6 is 0 Å². The van der Waals surface area contributed by atoms with E-state index < -0.39 is 0 Å². The molecule has 0 bridgehead atoms. The van der Waals surface area contributed by atoms with E-state index in [4.69, 9.17) is 49.1 Å². The van der Waals surface area contributed by atoms with Crippen molar-refractivity contribution in [3.63, 3.8) is 0 Å². The maximum atomic E-state index is 5.65. The van der Waals surface area contributed by atoms with Gasteiger partial charge in [-0.25, -0.2) is 0 Å². The number of hydrogen-bond acceptors (Lipinski definition) is 9. The van der Waals surface area contributed by atoms with Gasteiger partial charge < -0.3 is 42.6 Å². The number of ether oxygens (including phenoxy) is 9. The van der Waals surface area contributed by atoms with Crippen LogP contribution in [0.4, 0.5) is 0 Å². The van der Waals surface area contributed by atoms with Crippen LogP contribution in [0.5, 0.6) is 0 Å². The van der Waals surface area contributed by atoms with E-state index in [1.54, 1.807) is 0 Å². The molecule has 0 rings (SSSR count). The van der Waals surface area contributed by atoms with Crippen LogP contribution in [0.3, 0.4) is 0 Å². The average Bonchev–Trinajstić information content (AvgIpc) is 2.98. The molecule has 0 fully saturated rings. The largest absolute Gasteiger partial charge is 0.379 e. The van der Waals surface area contributed by atoms with E-state index in [1.807, 2.05) is 0 Å². The highest BCUT2D eigenvalue weighted by Gasteiger charge is 1.96. The van der Waals surface area contributed by atoms with Gasteiger partial charge in [0.2, 0.25) is 0 Å². The minimum atomic E-state index is 0.315. The van der Waals surface area contributed by atoms with Gasteiger partial charge in [-0.1, -0.05) is 77.1 Å². The van der Waals surface area contributed by atoms with Crippen LogP contribution in [-0.4, -0.2) is 119 Å². The lowest BCUT2D eigenvalue weighted by molar-refractivity contribution is -0.0246. The molecule has 0 amide bonds. The fourth-order valence-electron chi connectivity index (χ4n) is 3.76. The summed E-state index contributed by atoms with van der Waals surface area (Å²) in [6, 6.07) is 0. The summed E-state index contributed by atoms with van der Waals surface area (Å²) in [5.74, 6) is 2.40. The fourth-order valence-corrected chi connectivity index (χ4v) is 3.76. The van der Waals surface area contributed by atoms with Gasteiger partial charge in [-0.3, -0.25) is 0 Å². The molecule has 0 aliphatic rings. The Hall–Kier alpha value is -0.800. The molecule has 0 unspecified atom stereocenters. The Balaban J connectivity index is 3.02. The Labute approximate surface area is 251 Å². The van der Waals surface area contributed by atoms with Crippen molar-refractivity contribution in [1.29, 1.82) is 0 Å². The van der Waals surface area contributed by atoms with Crippen LogP contribution in [0, 0.1) is 12.3 Å². The highest BCUT2D eigenvalue weighted by atomic mass is 16.6. The third kappa shape index (κ3) is 39.2. The molecule has 0 aromatic heterocycles. The predicted molar refractivity (Wildman–Crippen MR) is 163 cm³/mol. The predicted octanol–water partition coefficient (Wildman–Crippen LogP) is 5.08.